The second-order valence-electron chi connectivity index (χ2n) is 4.80. The maximum absolute atomic E-state index is 12.2. The summed E-state index contributed by atoms with van der Waals surface area (Å²) in [5.41, 5.74) is 0.346. The van der Waals surface area contributed by atoms with E-state index >= 15 is 0 Å². The molecule has 0 radical (unpaired) electrons. The van der Waals surface area contributed by atoms with Crippen molar-refractivity contribution in [3.63, 3.8) is 0 Å². The summed E-state index contributed by atoms with van der Waals surface area (Å²) in [6.45, 7) is 0.442. The number of rotatable bonds is 3. The molecule has 4 nitrogen and oxygen atoms in total. The summed E-state index contributed by atoms with van der Waals surface area (Å²) < 4.78 is 0. The lowest BCUT2D eigenvalue weighted by molar-refractivity contribution is -0.147. The van der Waals surface area contributed by atoms with E-state index in [4.69, 9.17) is 5.26 Å². The molecule has 5 heteroatoms. The van der Waals surface area contributed by atoms with Crippen molar-refractivity contribution >= 4 is 17.7 Å². The molecule has 1 saturated heterocycles. The summed E-state index contributed by atoms with van der Waals surface area (Å²) in [6, 6.07) is 9.18. The molecule has 1 aliphatic heterocycles. The molecule has 19 heavy (non-hydrogen) atoms. The molecule has 1 fully saturated rings. The molecule has 1 heterocycles. The van der Waals surface area contributed by atoms with Gasteiger partial charge in [-0.1, -0.05) is 12.1 Å². The molecule has 0 saturated carbocycles. The van der Waals surface area contributed by atoms with E-state index in [0.29, 0.717) is 24.3 Å². The Balaban J connectivity index is 2.02. The zero-order valence-electron chi connectivity index (χ0n) is 10.8. The van der Waals surface area contributed by atoms with Crippen LogP contribution in [-0.2, 0) is 11.3 Å². The lowest BCUT2D eigenvalue weighted by Crippen LogP contribution is -2.47. The highest BCUT2D eigenvalue weighted by Crippen LogP contribution is 2.29. The average Bonchev–Trinajstić information content (AvgIpc) is 2.87. The molecule has 0 aromatic heterocycles. The van der Waals surface area contributed by atoms with Crippen LogP contribution in [0, 0.1) is 11.3 Å². The monoisotopic (exact) mass is 276 g/mol. The topological polar surface area (TPSA) is 64.3 Å². The molecule has 1 N–H and O–H groups in total. The van der Waals surface area contributed by atoms with Gasteiger partial charge in [-0.2, -0.15) is 17.0 Å². The van der Waals surface area contributed by atoms with Gasteiger partial charge in [-0.05, 0) is 29.9 Å². The van der Waals surface area contributed by atoms with Gasteiger partial charge in [-0.15, -0.1) is 0 Å². The van der Waals surface area contributed by atoms with Crippen molar-refractivity contribution in [2.45, 2.75) is 18.6 Å². The zero-order chi connectivity index (χ0) is 13.9. The molecular formula is C14H16N2O2S. The summed E-state index contributed by atoms with van der Waals surface area (Å²) in [7, 11) is 1.70. The van der Waals surface area contributed by atoms with Gasteiger partial charge in [0.1, 0.15) is 0 Å². The van der Waals surface area contributed by atoms with E-state index in [0.717, 1.165) is 11.3 Å². The van der Waals surface area contributed by atoms with Crippen molar-refractivity contribution in [2.24, 2.45) is 0 Å². The number of benzene rings is 1. The van der Waals surface area contributed by atoms with Crippen LogP contribution in [0.25, 0.3) is 0 Å². The van der Waals surface area contributed by atoms with Crippen LogP contribution in [-0.4, -0.2) is 40.1 Å². The Morgan fingerprint density at radius 1 is 1.53 bits per heavy atom. The molecule has 0 bridgehead atoms. The van der Waals surface area contributed by atoms with Crippen molar-refractivity contribution in [2.75, 3.05) is 18.6 Å². The third kappa shape index (κ3) is 3.09. The molecule has 1 unspecified atom stereocenters. The summed E-state index contributed by atoms with van der Waals surface area (Å²) in [4.78, 5) is 13.8. The molecular weight excluding hydrogens is 260 g/mol. The molecule has 1 amide bonds. The number of carbonyl (C=O) groups is 1. The van der Waals surface area contributed by atoms with Gasteiger partial charge in [0.05, 0.1) is 11.6 Å². The minimum atomic E-state index is -1.20. The first-order chi connectivity index (χ1) is 9.05. The van der Waals surface area contributed by atoms with E-state index in [1.165, 1.54) is 0 Å². The highest BCUT2D eigenvalue weighted by atomic mass is 32.2. The van der Waals surface area contributed by atoms with Crippen molar-refractivity contribution in [3.8, 4) is 6.07 Å². The van der Waals surface area contributed by atoms with Gasteiger partial charge in [-0.25, -0.2) is 0 Å². The molecule has 1 aromatic rings. The fourth-order valence-electron chi connectivity index (χ4n) is 2.11. The Kier molecular flexibility index (Phi) is 4.13. The first kappa shape index (κ1) is 13.9. The second-order valence-corrected chi connectivity index (χ2v) is 5.91. The van der Waals surface area contributed by atoms with Gasteiger partial charge in [0.2, 0.25) is 0 Å². The van der Waals surface area contributed by atoms with Crippen LogP contribution in [0.5, 0.6) is 0 Å². The lowest BCUT2D eigenvalue weighted by Gasteiger charge is -2.27. The largest absolute Gasteiger partial charge is 0.379 e. The Labute approximate surface area is 117 Å². The predicted octanol–water partition coefficient (Wildman–Crippen LogP) is 1.38. The summed E-state index contributed by atoms with van der Waals surface area (Å²) in [6.07, 6.45) is 0.522. The van der Waals surface area contributed by atoms with Crippen LogP contribution in [0.15, 0.2) is 24.3 Å². The third-order valence-corrected chi connectivity index (χ3v) is 4.42. The van der Waals surface area contributed by atoms with Crippen molar-refractivity contribution in [3.05, 3.63) is 35.4 Å². The van der Waals surface area contributed by atoms with Crippen molar-refractivity contribution in [1.82, 2.24) is 4.90 Å². The van der Waals surface area contributed by atoms with Gasteiger partial charge >= 0.3 is 0 Å². The van der Waals surface area contributed by atoms with Crippen LogP contribution >= 0.6 is 11.8 Å². The zero-order valence-corrected chi connectivity index (χ0v) is 11.6. The number of aliphatic hydroxyl groups is 1. The predicted molar refractivity (Wildman–Crippen MR) is 74.5 cm³/mol. The Hall–Kier alpha value is -1.51. The standard InChI is InChI=1S/C14H16N2O2S/c1-16(13(17)14(18)6-7-19-10-14)9-12-4-2-11(8-15)3-5-12/h2-5,18H,6-7,9-10H2,1H3. The summed E-state index contributed by atoms with van der Waals surface area (Å²) >= 11 is 1.60. The van der Waals surface area contributed by atoms with E-state index in [1.807, 2.05) is 12.1 Å². The maximum Gasteiger partial charge on any atom is 0.255 e. The summed E-state index contributed by atoms with van der Waals surface area (Å²) in [5, 5.41) is 19.0. The number of hydrogen-bond acceptors (Lipinski definition) is 4. The smallest absolute Gasteiger partial charge is 0.255 e. The molecule has 1 aliphatic rings. The molecule has 1 atom stereocenters. The Morgan fingerprint density at radius 3 is 2.74 bits per heavy atom. The summed E-state index contributed by atoms with van der Waals surface area (Å²) in [5.74, 6) is 1.08. The highest BCUT2D eigenvalue weighted by molar-refractivity contribution is 7.99. The van der Waals surface area contributed by atoms with Crippen LogP contribution in [0.4, 0.5) is 0 Å². The molecule has 100 valence electrons. The van der Waals surface area contributed by atoms with Crippen molar-refractivity contribution in [1.29, 1.82) is 5.26 Å². The number of nitrogens with zero attached hydrogens (tertiary/aromatic N) is 2. The van der Waals surface area contributed by atoms with E-state index in [9.17, 15) is 9.90 Å². The van der Waals surface area contributed by atoms with Crippen LogP contribution < -0.4 is 0 Å². The maximum atomic E-state index is 12.2. The normalized spacial score (nSPS) is 21.9. The van der Waals surface area contributed by atoms with Gasteiger partial charge in [0.15, 0.2) is 5.60 Å². The first-order valence-electron chi connectivity index (χ1n) is 6.10. The number of carbonyl (C=O) groups excluding carboxylic acids is 1. The molecule has 1 aromatic carbocycles. The lowest BCUT2D eigenvalue weighted by atomic mass is 10.0. The first-order valence-corrected chi connectivity index (χ1v) is 7.25. The van der Waals surface area contributed by atoms with E-state index in [2.05, 4.69) is 6.07 Å². The quantitative estimate of drug-likeness (QED) is 0.906. The SMILES string of the molecule is CN(Cc1ccc(C#N)cc1)C(=O)C1(O)CCSC1. The van der Waals surface area contributed by atoms with E-state index in [-0.39, 0.29) is 5.91 Å². The fourth-order valence-corrected chi connectivity index (χ4v) is 3.34. The molecule has 2 rings (SSSR count). The minimum absolute atomic E-state index is 0.221. The number of likely N-dealkylation sites (N-methyl/N-ethyl adjacent to an activating group) is 1. The van der Waals surface area contributed by atoms with Gasteiger partial charge in [-0.3, -0.25) is 4.79 Å². The number of thioether (sulfide) groups is 1. The number of amides is 1. The number of hydrogen-bond donors (Lipinski definition) is 1. The van der Waals surface area contributed by atoms with Crippen LogP contribution in [0.2, 0.25) is 0 Å². The Morgan fingerprint density at radius 2 is 2.21 bits per heavy atom. The van der Waals surface area contributed by atoms with E-state index in [1.54, 1.807) is 35.8 Å². The average molecular weight is 276 g/mol. The van der Waals surface area contributed by atoms with E-state index < -0.39 is 5.60 Å². The van der Waals surface area contributed by atoms with Gasteiger partial charge in [0.25, 0.3) is 5.91 Å². The fraction of sp³-hybridized carbons (Fsp3) is 0.429. The second kappa shape index (κ2) is 5.64. The van der Waals surface area contributed by atoms with Crippen molar-refractivity contribution < 1.29 is 9.90 Å². The van der Waals surface area contributed by atoms with Gasteiger partial charge < -0.3 is 10.0 Å². The van der Waals surface area contributed by atoms with Crippen LogP contribution in [0.1, 0.15) is 17.5 Å². The number of nitriles is 1. The highest BCUT2D eigenvalue weighted by Gasteiger charge is 2.41. The third-order valence-electron chi connectivity index (χ3n) is 3.25. The Bertz CT molecular complexity index is 501. The van der Waals surface area contributed by atoms with Gasteiger partial charge in [0, 0.05) is 19.3 Å². The molecule has 0 aliphatic carbocycles. The minimum Gasteiger partial charge on any atom is -0.379 e. The van der Waals surface area contributed by atoms with Crippen LogP contribution in [0.3, 0.4) is 0 Å². The molecule has 0 spiro atoms.